The second kappa shape index (κ2) is 11.5. The van der Waals surface area contributed by atoms with Gasteiger partial charge in [0.15, 0.2) is 5.96 Å². The van der Waals surface area contributed by atoms with Crippen molar-refractivity contribution in [2.45, 2.75) is 25.3 Å². The molecule has 0 bridgehead atoms. The van der Waals surface area contributed by atoms with Gasteiger partial charge in [0.05, 0.1) is 19.7 Å². The van der Waals surface area contributed by atoms with Gasteiger partial charge in [-0.3, -0.25) is 9.89 Å². The molecule has 1 aromatic heterocycles. The number of guanidine groups is 1. The predicted octanol–water partition coefficient (Wildman–Crippen LogP) is 3.66. The minimum atomic E-state index is 0. The Morgan fingerprint density at radius 2 is 2.00 bits per heavy atom. The molecule has 0 radical (unpaired) electrons. The van der Waals surface area contributed by atoms with E-state index in [-0.39, 0.29) is 30.0 Å². The molecule has 1 aliphatic heterocycles. The third kappa shape index (κ3) is 6.65. The molecule has 2 heterocycles. The topological polar surface area (TPSA) is 62.9 Å². The lowest BCUT2D eigenvalue weighted by Gasteiger charge is -2.27. The van der Waals surface area contributed by atoms with Crippen LogP contribution in [0.5, 0.6) is 5.75 Å². The number of halogens is 1. The fourth-order valence-corrected chi connectivity index (χ4v) is 4.03. The maximum absolute atomic E-state index is 6.09. The van der Waals surface area contributed by atoms with Crippen LogP contribution in [0, 0.1) is 0 Å². The zero-order valence-electron chi connectivity index (χ0n) is 15.8. The maximum Gasteiger partial charge on any atom is 0.188 e. The van der Waals surface area contributed by atoms with Crippen molar-refractivity contribution >= 4 is 41.3 Å². The summed E-state index contributed by atoms with van der Waals surface area (Å²) in [5, 5.41) is 5.33. The first-order valence-electron chi connectivity index (χ1n) is 9.20. The van der Waals surface area contributed by atoms with Gasteiger partial charge in [0.2, 0.25) is 0 Å². The van der Waals surface area contributed by atoms with Crippen LogP contribution in [0.25, 0.3) is 0 Å². The summed E-state index contributed by atoms with van der Waals surface area (Å²) in [6.07, 6.45) is 3.48. The zero-order valence-corrected chi connectivity index (χ0v) is 18.9. The van der Waals surface area contributed by atoms with Crippen LogP contribution >= 0.6 is 35.3 Å². The van der Waals surface area contributed by atoms with Crippen LogP contribution in [-0.2, 0) is 6.42 Å². The molecule has 0 saturated carbocycles. The van der Waals surface area contributed by atoms with E-state index in [2.05, 4.69) is 44.9 Å². The summed E-state index contributed by atoms with van der Waals surface area (Å²) in [6, 6.07) is 12.8. The highest BCUT2D eigenvalue weighted by atomic mass is 127. The fourth-order valence-electron chi connectivity index (χ4n) is 3.32. The average molecular weight is 500 g/mol. The van der Waals surface area contributed by atoms with Crippen molar-refractivity contribution in [1.29, 1.82) is 0 Å². The van der Waals surface area contributed by atoms with Crippen LogP contribution in [0.4, 0.5) is 0 Å². The molecule has 0 spiro atoms. The standard InChI is InChI=1S/C20H28N4OS.HI/c1-25-17-8-6-16(7-9-17)19(24-12-2-3-13-24)15-23-20(21)22-11-10-18-5-4-14-26-18;/h4-9,14,19H,2-3,10-13,15H2,1H3,(H3,21,22,23);1H. The molecule has 1 unspecified atom stereocenters. The molecule has 1 aromatic carbocycles. The number of methoxy groups -OCH3 is 1. The van der Waals surface area contributed by atoms with Crippen molar-refractivity contribution in [1.82, 2.24) is 10.2 Å². The number of nitrogens with one attached hydrogen (secondary N) is 1. The molecule has 0 amide bonds. The van der Waals surface area contributed by atoms with Gasteiger partial charge in [0.25, 0.3) is 0 Å². The van der Waals surface area contributed by atoms with Crippen molar-refractivity contribution in [2.24, 2.45) is 10.7 Å². The van der Waals surface area contributed by atoms with Crippen molar-refractivity contribution in [2.75, 3.05) is 33.3 Å². The molecule has 3 rings (SSSR count). The van der Waals surface area contributed by atoms with E-state index in [1.54, 1.807) is 18.4 Å². The second-order valence-corrected chi connectivity index (χ2v) is 7.55. The summed E-state index contributed by atoms with van der Waals surface area (Å²) >= 11 is 1.77. The lowest BCUT2D eigenvalue weighted by atomic mass is 10.1. The smallest absolute Gasteiger partial charge is 0.188 e. The van der Waals surface area contributed by atoms with E-state index in [1.165, 1.54) is 23.3 Å². The average Bonchev–Trinajstić information content (AvgIpc) is 3.36. The molecule has 2 aromatic rings. The summed E-state index contributed by atoms with van der Waals surface area (Å²) in [5.74, 6) is 1.41. The molecule has 5 nitrogen and oxygen atoms in total. The van der Waals surface area contributed by atoms with Crippen LogP contribution < -0.4 is 15.8 Å². The molecule has 1 saturated heterocycles. The highest BCUT2D eigenvalue weighted by molar-refractivity contribution is 14.0. The Bertz CT molecular complexity index is 685. The molecule has 1 aliphatic rings. The summed E-state index contributed by atoms with van der Waals surface area (Å²) in [4.78, 5) is 8.48. The summed E-state index contributed by atoms with van der Waals surface area (Å²) < 4.78 is 5.28. The number of ether oxygens (including phenoxy) is 1. The van der Waals surface area contributed by atoms with E-state index in [9.17, 15) is 0 Å². The Morgan fingerprint density at radius 1 is 1.26 bits per heavy atom. The Balaban J connectivity index is 0.00000261. The Morgan fingerprint density at radius 3 is 2.63 bits per heavy atom. The van der Waals surface area contributed by atoms with Gasteiger partial charge in [0, 0.05) is 11.4 Å². The first kappa shape index (κ1) is 22.0. The van der Waals surface area contributed by atoms with Crippen LogP contribution in [-0.4, -0.2) is 44.1 Å². The Hall–Kier alpha value is -1.32. The molecule has 3 N–H and O–H groups in total. The molecular formula is C20H29IN4OS. The van der Waals surface area contributed by atoms with E-state index in [0.29, 0.717) is 12.5 Å². The predicted molar refractivity (Wildman–Crippen MR) is 124 cm³/mol. The van der Waals surface area contributed by atoms with E-state index in [1.807, 2.05) is 12.1 Å². The number of thiophene rings is 1. The van der Waals surface area contributed by atoms with E-state index < -0.39 is 0 Å². The number of hydrogen-bond acceptors (Lipinski definition) is 4. The van der Waals surface area contributed by atoms with Gasteiger partial charge in [0.1, 0.15) is 5.75 Å². The lowest BCUT2D eigenvalue weighted by molar-refractivity contribution is 0.251. The van der Waals surface area contributed by atoms with Crippen LogP contribution in [0.3, 0.4) is 0 Å². The molecular weight excluding hydrogens is 471 g/mol. The van der Waals surface area contributed by atoms with E-state index >= 15 is 0 Å². The monoisotopic (exact) mass is 500 g/mol. The minimum Gasteiger partial charge on any atom is -0.497 e. The molecule has 1 atom stereocenters. The lowest BCUT2D eigenvalue weighted by Crippen LogP contribution is -2.35. The molecule has 0 aliphatic carbocycles. The molecule has 148 valence electrons. The van der Waals surface area contributed by atoms with Gasteiger partial charge in [-0.05, 0) is 61.5 Å². The first-order valence-corrected chi connectivity index (χ1v) is 10.1. The van der Waals surface area contributed by atoms with Gasteiger partial charge in [-0.1, -0.05) is 18.2 Å². The SMILES string of the molecule is COc1ccc(C(CN=C(N)NCCc2cccs2)N2CCCC2)cc1.I. The number of rotatable bonds is 8. The van der Waals surface area contributed by atoms with Crippen molar-refractivity contribution in [3.05, 3.63) is 52.2 Å². The number of benzene rings is 1. The van der Waals surface area contributed by atoms with Gasteiger partial charge < -0.3 is 15.8 Å². The highest BCUT2D eigenvalue weighted by Crippen LogP contribution is 2.27. The summed E-state index contributed by atoms with van der Waals surface area (Å²) in [6.45, 7) is 3.73. The second-order valence-electron chi connectivity index (χ2n) is 6.51. The Labute approximate surface area is 183 Å². The molecule has 27 heavy (non-hydrogen) atoms. The third-order valence-corrected chi connectivity index (χ3v) is 5.71. The van der Waals surface area contributed by atoms with Gasteiger partial charge in [-0.25, -0.2) is 0 Å². The number of aliphatic imine (C=N–C) groups is 1. The quantitative estimate of drug-likeness (QED) is 0.330. The van der Waals surface area contributed by atoms with Crippen LogP contribution in [0.1, 0.15) is 29.3 Å². The number of likely N-dealkylation sites (tertiary alicyclic amines) is 1. The van der Waals surface area contributed by atoms with Crippen molar-refractivity contribution < 1.29 is 4.74 Å². The Kier molecular flexibility index (Phi) is 9.36. The van der Waals surface area contributed by atoms with Gasteiger partial charge in [-0.2, -0.15) is 0 Å². The highest BCUT2D eigenvalue weighted by Gasteiger charge is 2.23. The first-order chi connectivity index (χ1) is 12.8. The minimum absolute atomic E-state index is 0. The van der Waals surface area contributed by atoms with E-state index in [4.69, 9.17) is 10.5 Å². The van der Waals surface area contributed by atoms with Crippen molar-refractivity contribution in [3.63, 3.8) is 0 Å². The third-order valence-electron chi connectivity index (χ3n) is 4.77. The zero-order chi connectivity index (χ0) is 18.2. The van der Waals surface area contributed by atoms with Crippen LogP contribution in [0.15, 0.2) is 46.8 Å². The summed E-state index contributed by atoms with van der Waals surface area (Å²) in [5.41, 5.74) is 7.35. The fraction of sp³-hybridized carbons (Fsp3) is 0.450. The number of nitrogens with two attached hydrogens (primary N) is 1. The van der Waals surface area contributed by atoms with E-state index in [0.717, 1.165) is 31.8 Å². The van der Waals surface area contributed by atoms with Crippen molar-refractivity contribution in [3.8, 4) is 5.75 Å². The largest absolute Gasteiger partial charge is 0.497 e. The van der Waals surface area contributed by atoms with Gasteiger partial charge in [-0.15, -0.1) is 35.3 Å². The number of nitrogens with zero attached hydrogens (tertiary/aromatic N) is 2. The maximum atomic E-state index is 6.09. The van der Waals surface area contributed by atoms with Gasteiger partial charge >= 0.3 is 0 Å². The molecule has 7 heteroatoms. The normalized spacial score (nSPS) is 16.0. The summed E-state index contributed by atoms with van der Waals surface area (Å²) in [7, 11) is 1.69. The number of hydrogen-bond donors (Lipinski definition) is 2. The molecule has 1 fully saturated rings. The van der Waals surface area contributed by atoms with Crippen LogP contribution in [0.2, 0.25) is 0 Å².